The minimum atomic E-state index is -0.539. The summed E-state index contributed by atoms with van der Waals surface area (Å²) in [6.07, 6.45) is -0.244. The SMILES string of the molecule is C[C@H]1OCCN[C@@H]1C(=O)NCc1cc(F)ccc1F.Cl. The van der Waals surface area contributed by atoms with Crippen LogP contribution in [-0.2, 0) is 16.1 Å². The molecule has 0 saturated carbocycles. The highest BCUT2D eigenvalue weighted by Gasteiger charge is 2.28. The fourth-order valence-corrected chi connectivity index (χ4v) is 2.00. The Hall–Kier alpha value is -1.24. The van der Waals surface area contributed by atoms with Crippen LogP contribution in [0.1, 0.15) is 12.5 Å². The molecule has 0 bridgehead atoms. The highest BCUT2D eigenvalue weighted by molar-refractivity contribution is 5.85. The Kier molecular flexibility index (Phi) is 6.32. The third kappa shape index (κ3) is 4.13. The number of benzene rings is 1. The first-order valence-corrected chi connectivity index (χ1v) is 6.14. The molecule has 0 aromatic heterocycles. The molecule has 0 radical (unpaired) electrons. The van der Waals surface area contributed by atoms with Gasteiger partial charge < -0.3 is 15.4 Å². The van der Waals surface area contributed by atoms with Gasteiger partial charge in [0.1, 0.15) is 17.7 Å². The third-order valence-corrected chi connectivity index (χ3v) is 3.06. The van der Waals surface area contributed by atoms with Crippen LogP contribution >= 0.6 is 12.4 Å². The molecule has 2 N–H and O–H groups in total. The third-order valence-electron chi connectivity index (χ3n) is 3.06. The topological polar surface area (TPSA) is 50.4 Å². The van der Waals surface area contributed by atoms with Gasteiger partial charge in [-0.1, -0.05) is 0 Å². The number of morpholine rings is 1. The Bertz CT molecular complexity index is 474. The van der Waals surface area contributed by atoms with E-state index < -0.39 is 17.7 Å². The van der Waals surface area contributed by atoms with Crippen LogP contribution in [0.25, 0.3) is 0 Å². The van der Waals surface area contributed by atoms with Crippen molar-refractivity contribution in [3.8, 4) is 0 Å². The predicted octanol–water partition coefficient (Wildman–Crippen LogP) is 1.38. The molecule has 20 heavy (non-hydrogen) atoms. The monoisotopic (exact) mass is 306 g/mol. The van der Waals surface area contributed by atoms with Crippen molar-refractivity contribution in [3.05, 3.63) is 35.4 Å². The molecule has 1 saturated heterocycles. The van der Waals surface area contributed by atoms with Gasteiger partial charge in [0.15, 0.2) is 0 Å². The van der Waals surface area contributed by atoms with Crippen molar-refractivity contribution in [2.45, 2.75) is 25.6 Å². The van der Waals surface area contributed by atoms with E-state index in [4.69, 9.17) is 4.74 Å². The summed E-state index contributed by atoms with van der Waals surface area (Å²) >= 11 is 0. The molecular weight excluding hydrogens is 290 g/mol. The van der Waals surface area contributed by atoms with Gasteiger partial charge in [-0.05, 0) is 25.1 Å². The average molecular weight is 307 g/mol. The van der Waals surface area contributed by atoms with Crippen LogP contribution in [0.4, 0.5) is 8.78 Å². The molecule has 1 aromatic carbocycles. The van der Waals surface area contributed by atoms with Gasteiger partial charge in [-0.15, -0.1) is 12.4 Å². The Morgan fingerprint density at radius 2 is 2.25 bits per heavy atom. The fraction of sp³-hybridized carbons (Fsp3) is 0.462. The van der Waals surface area contributed by atoms with Crippen molar-refractivity contribution < 1.29 is 18.3 Å². The molecular formula is C13H17ClF2N2O2. The van der Waals surface area contributed by atoms with Crippen LogP contribution in [0.2, 0.25) is 0 Å². The number of halogens is 3. The lowest BCUT2D eigenvalue weighted by Crippen LogP contribution is -2.55. The van der Waals surface area contributed by atoms with Crippen molar-refractivity contribution >= 4 is 18.3 Å². The van der Waals surface area contributed by atoms with Crippen LogP contribution in [0.5, 0.6) is 0 Å². The summed E-state index contributed by atoms with van der Waals surface area (Å²) in [5.74, 6) is -1.35. The maximum Gasteiger partial charge on any atom is 0.240 e. The van der Waals surface area contributed by atoms with E-state index in [2.05, 4.69) is 10.6 Å². The molecule has 1 heterocycles. The van der Waals surface area contributed by atoms with E-state index >= 15 is 0 Å². The number of rotatable bonds is 3. The maximum atomic E-state index is 13.4. The number of carbonyl (C=O) groups is 1. The van der Waals surface area contributed by atoms with Crippen molar-refractivity contribution in [2.75, 3.05) is 13.2 Å². The summed E-state index contributed by atoms with van der Waals surface area (Å²) in [5.41, 5.74) is 0.123. The molecule has 1 aromatic rings. The minimum Gasteiger partial charge on any atom is -0.375 e. The quantitative estimate of drug-likeness (QED) is 0.887. The van der Waals surface area contributed by atoms with Crippen molar-refractivity contribution in [1.29, 1.82) is 0 Å². The molecule has 0 spiro atoms. The maximum absolute atomic E-state index is 13.4. The standard InChI is InChI=1S/C13H16F2N2O2.ClH/c1-8-12(16-4-5-19-8)13(18)17-7-9-6-10(14)2-3-11(9)15;/h2-3,6,8,12,16H,4-5,7H2,1H3,(H,17,18);1H/t8-,12+;/m1./s1. The van der Waals surface area contributed by atoms with E-state index in [0.29, 0.717) is 13.2 Å². The first-order chi connectivity index (χ1) is 9.08. The van der Waals surface area contributed by atoms with Crippen LogP contribution < -0.4 is 10.6 Å². The number of amides is 1. The molecule has 4 nitrogen and oxygen atoms in total. The summed E-state index contributed by atoms with van der Waals surface area (Å²) in [4.78, 5) is 11.9. The van der Waals surface area contributed by atoms with E-state index in [0.717, 1.165) is 18.2 Å². The van der Waals surface area contributed by atoms with Crippen molar-refractivity contribution in [2.24, 2.45) is 0 Å². The largest absolute Gasteiger partial charge is 0.375 e. The van der Waals surface area contributed by atoms with Crippen LogP contribution in [0.15, 0.2) is 18.2 Å². The lowest BCUT2D eigenvalue weighted by atomic mass is 10.1. The second kappa shape index (κ2) is 7.52. The zero-order chi connectivity index (χ0) is 13.8. The molecule has 1 fully saturated rings. The second-order valence-corrected chi connectivity index (χ2v) is 4.46. The summed E-state index contributed by atoms with van der Waals surface area (Å²) < 4.78 is 31.7. The molecule has 1 amide bonds. The number of hydrogen-bond donors (Lipinski definition) is 2. The van der Waals surface area contributed by atoms with Gasteiger partial charge in [-0.3, -0.25) is 4.79 Å². The Morgan fingerprint density at radius 1 is 1.50 bits per heavy atom. The molecule has 1 aliphatic rings. The molecule has 7 heteroatoms. The summed E-state index contributed by atoms with van der Waals surface area (Å²) in [6.45, 7) is 2.90. The van der Waals surface area contributed by atoms with E-state index in [1.54, 1.807) is 6.92 Å². The fourth-order valence-electron chi connectivity index (χ4n) is 2.00. The van der Waals surface area contributed by atoms with Crippen LogP contribution in [0, 0.1) is 11.6 Å². The van der Waals surface area contributed by atoms with Gasteiger partial charge in [0.25, 0.3) is 0 Å². The van der Waals surface area contributed by atoms with E-state index in [1.165, 1.54) is 0 Å². The molecule has 0 aliphatic carbocycles. The number of ether oxygens (including phenoxy) is 1. The summed E-state index contributed by atoms with van der Waals surface area (Å²) in [6, 6.07) is 2.69. The van der Waals surface area contributed by atoms with E-state index in [-0.39, 0.29) is 36.5 Å². The Labute approximate surface area is 122 Å². The van der Waals surface area contributed by atoms with Gasteiger partial charge in [0, 0.05) is 18.7 Å². The molecule has 2 atom stereocenters. The zero-order valence-electron chi connectivity index (χ0n) is 11.0. The Morgan fingerprint density at radius 3 is 2.95 bits per heavy atom. The summed E-state index contributed by atoms with van der Waals surface area (Å²) in [5, 5.41) is 5.61. The van der Waals surface area contributed by atoms with Crippen LogP contribution in [0.3, 0.4) is 0 Å². The highest BCUT2D eigenvalue weighted by Crippen LogP contribution is 2.10. The number of hydrogen-bond acceptors (Lipinski definition) is 3. The Balaban J connectivity index is 0.00000200. The molecule has 0 unspecified atom stereocenters. The lowest BCUT2D eigenvalue weighted by molar-refractivity contribution is -0.129. The first kappa shape index (κ1) is 16.8. The normalized spacial score (nSPS) is 21.9. The predicted molar refractivity (Wildman–Crippen MR) is 72.7 cm³/mol. The number of nitrogens with one attached hydrogen (secondary N) is 2. The second-order valence-electron chi connectivity index (χ2n) is 4.46. The molecule has 2 rings (SSSR count). The van der Waals surface area contributed by atoms with Crippen LogP contribution in [-0.4, -0.2) is 31.2 Å². The van der Waals surface area contributed by atoms with Gasteiger partial charge in [-0.25, -0.2) is 8.78 Å². The van der Waals surface area contributed by atoms with Gasteiger partial charge >= 0.3 is 0 Å². The van der Waals surface area contributed by atoms with Gasteiger partial charge in [0.2, 0.25) is 5.91 Å². The lowest BCUT2D eigenvalue weighted by Gasteiger charge is -2.29. The smallest absolute Gasteiger partial charge is 0.240 e. The highest BCUT2D eigenvalue weighted by atomic mass is 35.5. The zero-order valence-corrected chi connectivity index (χ0v) is 11.8. The molecule has 1 aliphatic heterocycles. The minimum absolute atomic E-state index is 0. The van der Waals surface area contributed by atoms with Crippen molar-refractivity contribution in [1.82, 2.24) is 10.6 Å². The average Bonchev–Trinajstić information content (AvgIpc) is 2.40. The van der Waals surface area contributed by atoms with Gasteiger partial charge in [0.05, 0.1) is 12.7 Å². The first-order valence-electron chi connectivity index (χ1n) is 6.14. The van der Waals surface area contributed by atoms with E-state index in [9.17, 15) is 13.6 Å². The number of carbonyl (C=O) groups excluding carboxylic acids is 1. The summed E-state index contributed by atoms with van der Waals surface area (Å²) in [7, 11) is 0. The molecule has 112 valence electrons. The van der Waals surface area contributed by atoms with Gasteiger partial charge in [-0.2, -0.15) is 0 Å². The van der Waals surface area contributed by atoms with E-state index in [1.807, 2.05) is 0 Å². The van der Waals surface area contributed by atoms with Crippen molar-refractivity contribution in [3.63, 3.8) is 0 Å².